The number of esters is 1. The van der Waals surface area contributed by atoms with E-state index in [1.54, 1.807) is 42.1 Å². The van der Waals surface area contributed by atoms with E-state index < -0.39 is 90.1 Å². The van der Waals surface area contributed by atoms with Crippen LogP contribution in [0.15, 0.2) is 47.6 Å². The van der Waals surface area contributed by atoms with Crippen LogP contribution in [-0.2, 0) is 61.8 Å². The van der Waals surface area contributed by atoms with Crippen molar-refractivity contribution >= 4 is 29.5 Å². The first-order valence-electron chi connectivity index (χ1n) is 28.7. The lowest BCUT2D eigenvalue weighted by Gasteiger charge is -2.44. The molecule has 1 aliphatic carbocycles. The number of aliphatic hydroxyl groups is 3. The average Bonchev–Trinajstić information content (AvgIpc) is 3.50. The Morgan fingerprint density at radius 2 is 1.51 bits per heavy atom. The molecule has 3 heterocycles. The summed E-state index contributed by atoms with van der Waals surface area (Å²) in [7, 11) is 4.77. The second kappa shape index (κ2) is 35.2. The highest BCUT2D eigenvalue weighted by Crippen LogP contribution is 2.38. The molecule has 1 saturated carbocycles. The van der Waals surface area contributed by atoms with Crippen molar-refractivity contribution in [3.05, 3.63) is 47.6 Å². The van der Waals surface area contributed by atoms with Gasteiger partial charge in [-0.1, -0.05) is 64.2 Å². The van der Waals surface area contributed by atoms with Crippen molar-refractivity contribution in [2.24, 2.45) is 35.3 Å². The lowest BCUT2D eigenvalue weighted by atomic mass is 9.80. The van der Waals surface area contributed by atoms with E-state index in [0.717, 1.165) is 5.57 Å². The van der Waals surface area contributed by atoms with Crippen LogP contribution in [0.5, 0.6) is 0 Å². The van der Waals surface area contributed by atoms with Crippen LogP contribution < -0.4 is 11.1 Å². The van der Waals surface area contributed by atoms with Crippen molar-refractivity contribution in [1.82, 2.24) is 10.2 Å². The van der Waals surface area contributed by atoms with E-state index in [1.807, 2.05) is 51.2 Å². The average molecular weight is 1120 g/mol. The molecule has 450 valence electrons. The van der Waals surface area contributed by atoms with Crippen LogP contribution in [0.25, 0.3) is 0 Å². The van der Waals surface area contributed by atoms with Crippen molar-refractivity contribution in [2.45, 2.75) is 186 Å². The number of hydrogen-bond acceptors (Lipinski definition) is 18. The summed E-state index contributed by atoms with van der Waals surface area (Å²) in [5.41, 5.74) is 8.13. The Labute approximate surface area is 469 Å². The number of cyclic esters (lactones) is 1. The molecule has 15 atom stereocenters. The minimum atomic E-state index is -1.81. The van der Waals surface area contributed by atoms with Crippen LogP contribution in [0.1, 0.15) is 125 Å². The molecule has 2 saturated heterocycles. The Bertz CT molecular complexity index is 2020. The fraction of sp³-hybridized carbons (Fsp3) is 0.780. The molecule has 6 N–H and O–H groups in total. The Morgan fingerprint density at radius 1 is 0.810 bits per heavy atom. The molecule has 0 spiro atoms. The van der Waals surface area contributed by atoms with Crippen LogP contribution >= 0.6 is 0 Å². The number of Topliss-reactive ketones (excluding diaryl/α,β-unsaturated/α-hetero) is 2. The van der Waals surface area contributed by atoms with Crippen molar-refractivity contribution in [3.8, 4) is 0 Å². The third-order valence-corrected chi connectivity index (χ3v) is 16.0. The summed E-state index contributed by atoms with van der Waals surface area (Å²) in [6.45, 7) is 14.0. The van der Waals surface area contributed by atoms with Gasteiger partial charge in [-0.05, 0) is 101 Å². The molecule has 20 nitrogen and oxygen atoms in total. The number of amides is 2. The van der Waals surface area contributed by atoms with Gasteiger partial charge in [0.05, 0.1) is 71.0 Å². The van der Waals surface area contributed by atoms with Gasteiger partial charge in [-0.25, -0.2) is 9.59 Å². The van der Waals surface area contributed by atoms with Crippen LogP contribution in [0, 0.1) is 29.6 Å². The predicted molar refractivity (Wildman–Crippen MR) is 295 cm³/mol. The number of piperidine rings is 1. The molecular formula is C59H97N3O17. The number of hydrogen-bond donors (Lipinski definition) is 5. The maximum absolute atomic E-state index is 14.5. The molecule has 0 unspecified atom stereocenters. The molecule has 2 bridgehead atoms. The highest BCUT2D eigenvalue weighted by atomic mass is 16.6. The van der Waals surface area contributed by atoms with E-state index in [1.165, 1.54) is 11.0 Å². The molecule has 79 heavy (non-hydrogen) atoms. The normalized spacial score (nSPS) is 35.2. The summed E-state index contributed by atoms with van der Waals surface area (Å²) >= 11 is 0. The number of carbonyl (C=O) groups excluding carboxylic acids is 5. The van der Waals surface area contributed by atoms with Gasteiger partial charge in [0.1, 0.15) is 36.2 Å². The van der Waals surface area contributed by atoms with Gasteiger partial charge in [0.15, 0.2) is 11.6 Å². The number of allylic oxidation sites excluding steroid dienone is 6. The SMILES string of the molecule is COCCOCCOCCOCCNC(=O)O[C@@H]1CC[C@@H](C[C@@H](N)[C@@H]2CC(=O)[C@H](C)/C=C(\C)[C@@H](O)[C@@H](O)C(=O)[C@H](C)C[C@H](C)/C=C/C=C/C=C(\C)[C@@H](OC)C[C@@H]3CC[C@@H](C)[C@](O)(CC(=O)N4CCCC[C@H]4C(=O)O2)O3)C[C@H]1OC. The molecule has 0 aromatic heterocycles. The van der Waals surface area contributed by atoms with Crippen molar-refractivity contribution < 1.29 is 81.9 Å². The monoisotopic (exact) mass is 1120 g/mol. The van der Waals surface area contributed by atoms with Gasteiger partial charge in [-0.15, -0.1) is 0 Å². The Hall–Kier alpha value is -3.93. The summed E-state index contributed by atoms with van der Waals surface area (Å²) in [6.07, 6.45) is 8.93. The molecule has 0 aromatic rings. The molecule has 2 amide bonds. The van der Waals surface area contributed by atoms with Gasteiger partial charge in [-0.3, -0.25) is 14.4 Å². The van der Waals surface area contributed by atoms with Crippen molar-refractivity contribution in [3.63, 3.8) is 0 Å². The zero-order valence-corrected chi connectivity index (χ0v) is 48.7. The predicted octanol–water partition coefficient (Wildman–Crippen LogP) is 5.47. The molecule has 4 aliphatic rings. The van der Waals surface area contributed by atoms with E-state index in [9.17, 15) is 39.3 Å². The highest BCUT2D eigenvalue weighted by Gasteiger charge is 2.47. The lowest BCUT2D eigenvalue weighted by Crippen LogP contribution is -2.55. The van der Waals surface area contributed by atoms with Gasteiger partial charge in [0.2, 0.25) is 5.91 Å². The molecule has 0 radical (unpaired) electrons. The van der Waals surface area contributed by atoms with Gasteiger partial charge in [0.25, 0.3) is 0 Å². The number of methoxy groups -OCH3 is 3. The Kier molecular flexibility index (Phi) is 30.1. The number of carbonyl (C=O) groups is 5. The smallest absolute Gasteiger partial charge is 0.407 e. The molecule has 0 aromatic carbocycles. The van der Waals surface area contributed by atoms with Crippen LogP contribution in [-0.4, -0.2) is 191 Å². The third kappa shape index (κ3) is 22.4. The van der Waals surface area contributed by atoms with Crippen LogP contribution in [0.4, 0.5) is 4.79 Å². The van der Waals surface area contributed by atoms with E-state index in [4.69, 9.17) is 48.4 Å². The second-order valence-electron chi connectivity index (χ2n) is 22.3. The zero-order chi connectivity index (χ0) is 58.1. The number of rotatable bonds is 18. The van der Waals surface area contributed by atoms with Crippen molar-refractivity contribution in [1.29, 1.82) is 0 Å². The number of ether oxygens (including phenoxy) is 9. The largest absolute Gasteiger partial charge is 0.459 e. The Balaban J connectivity index is 1.51. The van der Waals surface area contributed by atoms with Gasteiger partial charge < -0.3 is 73.9 Å². The van der Waals surface area contributed by atoms with E-state index in [0.29, 0.717) is 110 Å². The molecule has 3 fully saturated rings. The quantitative estimate of drug-likeness (QED) is 0.0647. The van der Waals surface area contributed by atoms with Crippen LogP contribution in [0.3, 0.4) is 0 Å². The fourth-order valence-electron chi connectivity index (χ4n) is 11.0. The molecule has 4 rings (SSSR count). The van der Waals surface area contributed by atoms with E-state index >= 15 is 0 Å². The zero-order valence-electron chi connectivity index (χ0n) is 48.7. The summed E-state index contributed by atoms with van der Waals surface area (Å²) in [6, 6.07) is -1.89. The maximum atomic E-state index is 14.5. The number of nitrogens with one attached hydrogen (secondary N) is 1. The number of nitrogens with two attached hydrogens (primary N) is 1. The van der Waals surface area contributed by atoms with Crippen molar-refractivity contribution in [2.75, 3.05) is 80.7 Å². The molecule has 3 aliphatic heterocycles. The van der Waals surface area contributed by atoms with E-state index in [-0.39, 0.29) is 67.8 Å². The first-order valence-corrected chi connectivity index (χ1v) is 28.7. The first-order chi connectivity index (χ1) is 37.7. The third-order valence-electron chi connectivity index (χ3n) is 16.0. The summed E-state index contributed by atoms with van der Waals surface area (Å²) in [5.74, 6) is -5.85. The number of alkyl carbamates (subject to hydrolysis) is 1. The summed E-state index contributed by atoms with van der Waals surface area (Å²) in [5, 5.41) is 37.1. The van der Waals surface area contributed by atoms with Gasteiger partial charge in [0, 0.05) is 71.1 Å². The first kappa shape index (κ1) is 67.6. The molecular weight excluding hydrogens is 1020 g/mol. The topological polar surface area (TPSA) is 270 Å². The number of fused-ring (bicyclic) bond motifs is 3. The minimum absolute atomic E-state index is 0.0399. The highest BCUT2D eigenvalue weighted by molar-refractivity contribution is 5.87. The van der Waals surface area contributed by atoms with Crippen LogP contribution in [0.2, 0.25) is 0 Å². The number of nitrogens with zero attached hydrogens (tertiary/aromatic N) is 1. The Morgan fingerprint density at radius 3 is 2.19 bits per heavy atom. The molecule has 20 heteroatoms. The number of aliphatic hydroxyl groups excluding tert-OH is 2. The second-order valence-corrected chi connectivity index (χ2v) is 22.3. The van der Waals surface area contributed by atoms with Gasteiger partial charge in [-0.2, -0.15) is 0 Å². The summed E-state index contributed by atoms with van der Waals surface area (Å²) < 4.78 is 51.5. The minimum Gasteiger partial charge on any atom is -0.459 e. The lowest BCUT2D eigenvalue weighted by molar-refractivity contribution is -0.284. The summed E-state index contributed by atoms with van der Waals surface area (Å²) in [4.78, 5) is 70.9. The standard InChI is InChI=1S/C59H97N3O17/c1-38-15-11-10-12-16-39(2)50(72-8)35-45-20-18-43(6)59(70,79-45)37-53(64)62-23-14-13-17-47(62)57(68)77-51(36-48(63)40(3)32-42(5)55(66)56(67)54(65)41(4)31-38)46(60)33-44-19-21-49(52(34-44)73-9)78-58(69)61-22-24-74-27-28-76-30-29-75-26-25-71-7/h10-12,15-16,32,38,40-41,43-47,49-52,55-56,66-67,70H,13-14,17-31,33-37,60H2,1-9H3,(H,61,69)/b12-10+,15-11+,39-16+,42-32+/t38-,40-,41-,43-,44+,45+,46-,47+,49-,50+,51+,52-,55-,56+,59+/m1/s1. The van der Waals surface area contributed by atoms with Gasteiger partial charge >= 0.3 is 12.1 Å². The van der Waals surface area contributed by atoms with E-state index in [2.05, 4.69) is 5.32 Å². The fourth-order valence-corrected chi connectivity index (χ4v) is 11.0. The maximum Gasteiger partial charge on any atom is 0.407 e. The number of ketones is 2.